The van der Waals surface area contributed by atoms with Crippen LogP contribution in [0.25, 0.3) is 11.9 Å². The lowest BCUT2D eigenvalue weighted by Gasteiger charge is -2.35. The van der Waals surface area contributed by atoms with Crippen LogP contribution in [-0.2, 0) is 11.8 Å². The monoisotopic (exact) mass is 430 g/mol. The van der Waals surface area contributed by atoms with E-state index in [-0.39, 0.29) is 0 Å². The lowest BCUT2D eigenvalue weighted by molar-refractivity contribution is 0.323. The molecule has 2 aromatic heterocycles. The second-order valence-corrected chi connectivity index (χ2v) is 7.46. The molecule has 1 unspecified atom stereocenters. The molecule has 0 radical (unpaired) electrons. The number of hydrogen-bond acceptors (Lipinski definition) is 7. The average Bonchev–Trinajstić information content (AvgIpc) is 3.52. The summed E-state index contributed by atoms with van der Waals surface area (Å²) in [5.41, 5.74) is 3.60. The highest BCUT2D eigenvalue weighted by Gasteiger charge is 2.38. The highest BCUT2D eigenvalue weighted by atomic mass is 16.5. The van der Waals surface area contributed by atoms with E-state index >= 15 is 0 Å². The minimum absolute atomic E-state index is 0.481. The Bertz CT molecular complexity index is 1240. The normalized spacial score (nSPS) is 17.1. The Morgan fingerprint density at radius 1 is 0.969 bits per heavy atom. The number of methoxy groups -OCH3 is 3. The molecule has 0 bridgehead atoms. The molecule has 0 amide bonds. The van der Waals surface area contributed by atoms with Crippen LogP contribution in [0.4, 0.5) is 0 Å². The fraction of sp³-hybridized carbons (Fsp3) is 0.217. The molecule has 1 N–H and O–H groups in total. The maximum Gasteiger partial charge on any atom is 0.203 e. The number of H-pyrrole nitrogens is 1. The Morgan fingerprint density at radius 2 is 1.72 bits per heavy atom. The Hall–Kier alpha value is -4.14. The van der Waals surface area contributed by atoms with Crippen molar-refractivity contribution in [3.05, 3.63) is 77.3 Å². The molecule has 0 saturated carbocycles. The van der Waals surface area contributed by atoms with Gasteiger partial charge in [-0.2, -0.15) is 9.78 Å². The fourth-order valence-electron chi connectivity index (χ4n) is 4.32. The quantitative estimate of drug-likeness (QED) is 0.502. The van der Waals surface area contributed by atoms with Gasteiger partial charge >= 0.3 is 0 Å². The molecule has 5 rings (SSSR count). The molecule has 9 heteroatoms. The van der Waals surface area contributed by atoms with Gasteiger partial charge in [0.1, 0.15) is 6.33 Å². The standard InChI is InChI=1S/C23H22N6O3/c1-30-19-11-16(12-20(31-2)21(19)32-3)23(15-7-5-4-6-8-15)10-9-17-18(13-23)25-26-22(17)29-14-24-27-28-29/h4-12,14H,13H2,1-3H3,(H,25,26). The van der Waals surface area contributed by atoms with Crippen LogP contribution < -0.4 is 14.2 Å². The molecule has 9 nitrogen and oxygen atoms in total. The van der Waals surface area contributed by atoms with Gasteiger partial charge in [-0.3, -0.25) is 5.10 Å². The van der Waals surface area contributed by atoms with Crippen molar-refractivity contribution in [3.63, 3.8) is 0 Å². The highest BCUT2D eigenvalue weighted by molar-refractivity contribution is 5.69. The number of rotatable bonds is 6. The summed E-state index contributed by atoms with van der Waals surface area (Å²) in [6.45, 7) is 0. The molecule has 32 heavy (non-hydrogen) atoms. The van der Waals surface area contributed by atoms with Gasteiger partial charge in [-0.1, -0.05) is 42.5 Å². The molecule has 1 aliphatic rings. The smallest absolute Gasteiger partial charge is 0.203 e. The van der Waals surface area contributed by atoms with Crippen molar-refractivity contribution < 1.29 is 14.2 Å². The van der Waals surface area contributed by atoms with Gasteiger partial charge in [0, 0.05) is 23.1 Å². The van der Waals surface area contributed by atoms with E-state index in [1.807, 2.05) is 30.3 Å². The minimum Gasteiger partial charge on any atom is -0.493 e. The van der Waals surface area contributed by atoms with E-state index in [9.17, 15) is 0 Å². The first-order valence-electron chi connectivity index (χ1n) is 10.1. The third-order valence-electron chi connectivity index (χ3n) is 5.89. The number of ether oxygens (including phenoxy) is 3. The van der Waals surface area contributed by atoms with Gasteiger partial charge < -0.3 is 14.2 Å². The zero-order valence-electron chi connectivity index (χ0n) is 17.9. The van der Waals surface area contributed by atoms with E-state index in [1.165, 1.54) is 6.33 Å². The van der Waals surface area contributed by atoms with Crippen LogP contribution in [0.2, 0.25) is 0 Å². The van der Waals surface area contributed by atoms with Gasteiger partial charge in [0.15, 0.2) is 17.3 Å². The molecule has 162 valence electrons. The van der Waals surface area contributed by atoms with Crippen LogP contribution in [0.15, 0.2) is 54.9 Å². The molecular weight excluding hydrogens is 408 g/mol. The average molecular weight is 430 g/mol. The van der Waals surface area contributed by atoms with Crippen molar-refractivity contribution in [2.45, 2.75) is 11.8 Å². The van der Waals surface area contributed by atoms with E-state index in [1.54, 1.807) is 26.0 Å². The molecule has 2 aromatic carbocycles. The maximum absolute atomic E-state index is 5.64. The topological polar surface area (TPSA) is 100.0 Å². The fourth-order valence-corrected chi connectivity index (χ4v) is 4.32. The zero-order chi connectivity index (χ0) is 22.1. The van der Waals surface area contributed by atoms with Gasteiger partial charge in [-0.15, -0.1) is 5.10 Å². The van der Waals surface area contributed by atoms with Crippen LogP contribution in [0.1, 0.15) is 22.4 Å². The number of aromatic nitrogens is 6. The molecule has 1 aliphatic carbocycles. The van der Waals surface area contributed by atoms with Crippen molar-refractivity contribution in [2.75, 3.05) is 21.3 Å². The van der Waals surface area contributed by atoms with Crippen LogP contribution in [0.5, 0.6) is 17.2 Å². The summed E-state index contributed by atoms with van der Waals surface area (Å²) in [6, 6.07) is 14.3. The minimum atomic E-state index is -0.481. The summed E-state index contributed by atoms with van der Waals surface area (Å²) in [7, 11) is 4.85. The van der Waals surface area contributed by atoms with E-state index in [4.69, 9.17) is 14.2 Å². The molecule has 0 saturated heterocycles. The van der Waals surface area contributed by atoms with Gasteiger partial charge in [-0.05, 0) is 33.7 Å². The number of nitrogens with zero attached hydrogens (tertiary/aromatic N) is 5. The summed E-state index contributed by atoms with van der Waals surface area (Å²) in [6.07, 6.45) is 6.43. The summed E-state index contributed by atoms with van der Waals surface area (Å²) in [5, 5.41) is 19.1. The van der Waals surface area contributed by atoms with Crippen molar-refractivity contribution in [1.82, 2.24) is 30.4 Å². The highest BCUT2D eigenvalue weighted by Crippen LogP contribution is 2.47. The van der Waals surface area contributed by atoms with Gasteiger partial charge in [0.05, 0.1) is 21.3 Å². The Kier molecular flexibility index (Phi) is 4.85. The van der Waals surface area contributed by atoms with Crippen molar-refractivity contribution in [2.24, 2.45) is 0 Å². The number of allylic oxidation sites excluding steroid dienone is 1. The maximum atomic E-state index is 5.64. The van der Waals surface area contributed by atoms with Gasteiger partial charge in [0.25, 0.3) is 0 Å². The number of fused-ring (bicyclic) bond motifs is 1. The Morgan fingerprint density at radius 3 is 2.34 bits per heavy atom. The third kappa shape index (κ3) is 3.01. The number of tetrazole rings is 1. The SMILES string of the molecule is COc1cc(C2(c3ccccc3)C=Cc3c(-n4cnnn4)n[nH]c3C2)cc(OC)c1OC. The van der Waals surface area contributed by atoms with Crippen LogP contribution in [-0.4, -0.2) is 51.7 Å². The first kappa shape index (κ1) is 19.8. The van der Waals surface area contributed by atoms with Crippen LogP contribution in [0, 0.1) is 0 Å². The Balaban J connectivity index is 1.70. The summed E-state index contributed by atoms with van der Waals surface area (Å²) in [5.74, 6) is 2.43. The largest absolute Gasteiger partial charge is 0.493 e. The Labute approximate surface area is 184 Å². The van der Waals surface area contributed by atoms with E-state index in [0.29, 0.717) is 29.5 Å². The first-order chi connectivity index (χ1) is 15.7. The van der Waals surface area contributed by atoms with Gasteiger partial charge in [0.2, 0.25) is 5.75 Å². The van der Waals surface area contributed by atoms with Crippen molar-refractivity contribution in [1.29, 1.82) is 0 Å². The molecule has 0 fully saturated rings. The van der Waals surface area contributed by atoms with E-state index in [2.05, 4.69) is 50.0 Å². The number of nitrogens with one attached hydrogen (secondary N) is 1. The van der Waals surface area contributed by atoms with Crippen molar-refractivity contribution >= 4 is 6.08 Å². The molecule has 0 spiro atoms. The first-order valence-corrected chi connectivity index (χ1v) is 10.1. The summed E-state index contributed by atoms with van der Waals surface area (Å²) >= 11 is 0. The van der Waals surface area contributed by atoms with E-state index in [0.717, 1.165) is 22.4 Å². The molecule has 0 aliphatic heterocycles. The second kappa shape index (κ2) is 7.84. The predicted octanol–water partition coefficient (Wildman–Crippen LogP) is 2.97. The third-order valence-corrected chi connectivity index (χ3v) is 5.89. The molecule has 4 aromatic rings. The molecular formula is C23H22N6O3. The van der Waals surface area contributed by atoms with Crippen LogP contribution >= 0.6 is 0 Å². The predicted molar refractivity (Wildman–Crippen MR) is 117 cm³/mol. The number of benzene rings is 2. The molecule has 1 atom stereocenters. The van der Waals surface area contributed by atoms with Crippen LogP contribution in [0.3, 0.4) is 0 Å². The number of hydrogen-bond donors (Lipinski definition) is 1. The molecule has 2 heterocycles. The lowest BCUT2D eigenvalue weighted by Crippen LogP contribution is -2.30. The zero-order valence-corrected chi connectivity index (χ0v) is 17.9. The van der Waals surface area contributed by atoms with Crippen molar-refractivity contribution in [3.8, 4) is 23.1 Å². The lowest BCUT2D eigenvalue weighted by atomic mass is 9.68. The van der Waals surface area contributed by atoms with E-state index < -0.39 is 5.41 Å². The summed E-state index contributed by atoms with van der Waals surface area (Å²) < 4.78 is 18.4. The second-order valence-electron chi connectivity index (χ2n) is 7.46. The number of aromatic amines is 1. The summed E-state index contributed by atoms with van der Waals surface area (Å²) in [4.78, 5) is 0. The van der Waals surface area contributed by atoms with Gasteiger partial charge in [-0.25, -0.2) is 0 Å².